The number of carbonyl (C=O) groups is 2. The fourth-order valence-electron chi connectivity index (χ4n) is 2.86. The largest absolute Gasteiger partial charge is 0.347 e. The molecule has 0 radical (unpaired) electrons. The molecule has 1 fully saturated rings. The first-order valence-corrected chi connectivity index (χ1v) is 8.68. The highest BCUT2D eigenvalue weighted by Gasteiger charge is 2.31. The Morgan fingerprint density at radius 3 is 2.84 bits per heavy atom. The number of hydrogen-bond donors (Lipinski definition) is 1. The van der Waals surface area contributed by atoms with Crippen molar-refractivity contribution in [3.05, 3.63) is 52.8 Å². The van der Waals surface area contributed by atoms with Crippen molar-refractivity contribution in [3.63, 3.8) is 0 Å². The SMILES string of the molecule is CC(C)n1cc(C(=O)NC2CC(=O)N(Cc3ccccc3Cl)C2)cn1. The van der Waals surface area contributed by atoms with Gasteiger partial charge in [0.15, 0.2) is 0 Å². The zero-order valence-corrected chi connectivity index (χ0v) is 15.0. The van der Waals surface area contributed by atoms with Gasteiger partial charge in [-0.25, -0.2) is 0 Å². The van der Waals surface area contributed by atoms with E-state index < -0.39 is 0 Å². The zero-order chi connectivity index (χ0) is 18.0. The third-order valence-electron chi connectivity index (χ3n) is 4.26. The number of benzene rings is 1. The summed E-state index contributed by atoms with van der Waals surface area (Å²) < 4.78 is 1.73. The van der Waals surface area contributed by atoms with Gasteiger partial charge in [0.2, 0.25) is 5.91 Å². The van der Waals surface area contributed by atoms with Crippen LogP contribution >= 0.6 is 11.6 Å². The molecule has 1 atom stereocenters. The van der Waals surface area contributed by atoms with E-state index in [4.69, 9.17) is 11.6 Å². The van der Waals surface area contributed by atoms with Crippen LogP contribution in [0.5, 0.6) is 0 Å². The Labute approximate surface area is 151 Å². The molecule has 0 spiro atoms. The topological polar surface area (TPSA) is 67.2 Å². The van der Waals surface area contributed by atoms with Gasteiger partial charge in [-0.05, 0) is 25.5 Å². The summed E-state index contributed by atoms with van der Waals surface area (Å²) in [5.41, 5.74) is 1.41. The molecule has 2 amide bonds. The van der Waals surface area contributed by atoms with E-state index in [0.717, 1.165) is 5.56 Å². The standard InChI is InChI=1S/C18H21ClN4O2/c1-12(2)23-10-14(8-20-23)18(25)21-15-7-17(24)22(11-15)9-13-5-3-4-6-16(13)19/h3-6,8,10,12,15H,7,9,11H2,1-2H3,(H,21,25). The predicted octanol–water partition coefficient (Wildman–Crippen LogP) is 2.65. The fraction of sp³-hybridized carbons (Fsp3) is 0.389. The second-order valence-electron chi connectivity index (χ2n) is 6.54. The van der Waals surface area contributed by atoms with E-state index >= 15 is 0 Å². The Balaban J connectivity index is 1.60. The Hall–Kier alpha value is -2.34. The average molecular weight is 361 g/mol. The van der Waals surface area contributed by atoms with Crippen molar-refractivity contribution in [1.82, 2.24) is 20.0 Å². The fourth-order valence-corrected chi connectivity index (χ4v) is 3.06. The first-order chi connectivity index (χ1) is 11.9. The number of carbonyl (C=O) groups excluding carboxylic acids is 2. The van der Waals surface area contributed by atoms with E-state index in [2.05, 4.69) is 10.4 Å². The molecule has 25 heavy (non-hydrogen) atoms. The Kier molecular flexibility index (Phi) is 5.08. The summed E-state index contributed by atoms with van der Waals surface area (Å²) in [6.07, 6.45) is 3.57. The number of nitrogens with one attached hydrogen (secondary N) is 1. The van der Waals surface area contributed by atoms with Crippen LogP contribution in [-0.4, -0.2) is 39.1 Å². The lowest BCUT2D eigenvalue weighted by atomic mass is 10.2. The second-order valence-corrected chi connectivity index (χ2v) is 6.95. The van der Waals surface area contributed by atoms with Crippen molar-refractivity contribution in [2.45, 2.75) is 38.9 Å². The maximum absolute atomic E-state index is 12.3. The first-order valence-electron chi connectivity index (χ1n) is 8.30. The summed E-state index contributed by atoms with van der Waals surface area (Å²) in [6.45, 7) is 4.93. The molecule has 1 N–H and O–H groups in total. The molecule has 1 aliphatic rings. The summed E-state index contributed by atoms with van der Waals surface area (Å²) in [5, 5.41) is 7.73. The molecular weight excluding hydrogens is 340 g/mol. The molecular formula is C18H21ClN4O2. The van der Waals surface area contributed by atoms with Gasteiger partial charge in [-0.1, -0.05) is 29.8 Å². The van der Waals surface area contributed by atoms with Crippen LogP contribution in [0.2, 0.25) is 5.02 Å². The Bertz CT molecular complexity index is 787. The van der Waals surface area contributed by atoms with E-state index in [1.54, 1.807) is 22.0 Å². The van der Waals surface area contributed by atoms with Gasteiger partial charge < -0.3 is 10.2 Å². The van der Waals surface area contributed by atoms with Crippen LogP contribution in [0, 0.1) is 0 Å². The third kappa shape index (κ3) is 4.02. The van der Waals surface area contributed by atoms with Gasteiger partial charge in [-0.2, -0.15) is 5.10 Å². The van der Waals surface area contributed by atoms with Gasteiger partial charge >= 0.3 is 0 Å². The number of likely N-dealkylation sites (tertiary alicyclic amines) is 1. The minimum absolute atomic E-state index is 0.0168. The van der Waals surface area contributed by atoms with Crippen LogP contribution in [0.3, 0.4) is 0 Å². The van der Waals surface area contributed by atoms with Crippen molar-refractivity contribution in [3.8, 4) is 0 Å². The van der Waals surface area contributed by atoms with E-state index in [1.165, 1.54) is 0 Å². The lowest BCUT2D eigenvalue weighted by Gasteiger charge is -2.17. The molecule has 1 saturated heterocycles. The summed E-state index contributed by atoms with van der Waals surface area (Å²) in [6, 6.07) is 7.46. The number of aromatic nitrogens is 2. The van der Waals surface area contributed by atoms with Crippen LogP contribution in [-0.2, 0) is 11.3 Å². The van der Waals surface area contributed by atoms with Gasteiger partial charge in [0, 0.05) is 36.8 Å². The van der Waals surface area contributed by atoms with Crippen LogP contribution in [0.25, 0.3) is 0 Å². The highest BCUT2D eigenvalue weighted by Crippen LogP contribution is 2.21. The van der Waals surface area contributed by atoms with E-state index in [9.17, 15) is 9.59 Å². The van der Waals surface area contributed by atoms with Crippen LogP contribution < -0.4 is 5.32 Å². The van der Waals surface area contributed by atoms with Gasteiger partial charge in [0.05, 0.1) is 17.8 Å². The molecule has 6 nitrogen and oxygen atoms in total. The minimum atomic E-state index is -0.204. The van der Waals surface area contributed by atoms with Gasteiger partial charge in [-0.3, -0.25) is 14.3 Å². The molecule has 7 heteroatoms. The van der Waals surface area contributed by atoms with E-state index in [1.807, 2.05) is 38.1 Å². The molecule has 2 aromatic rings. The van der Waals surface area contributed by atoms with E-state index in [0.29, 0.717) is 30.1 Å². The molecule has 1 aliphatic heterocycles. The molecule has 1 aromatic carbocycles. The molecule has 0 bridgehead atoms. The maximum Gasteiger partial charge on any atom is 0.254 e. The van der Waals surface area contributed by atoms with Crippen molar-refractivity contribution in [2.24, 2.45) is 0 Å². The first kappa shape index (κ1) is 17.5. The van der Waals surface area contributed by atoms with Crippen LogP contribution in [0.15, 0.2) is 36.7 Å². The molecule has 1 aromatic heterocycles. The number of nitrogens with zero attached hydrogens (tertiary/aromatic N) is 3. The maximum atomic E-state index is 12.3. The summed E-state index contributed by atoms with van der Waals surface area (Å²) in [7, 11) is 0. The van der Waals surface area contributed by atoms with Gasteiger partial charge in [0.1, 0.15) is 0 Å². The van der Waals surface area contributed by atoms with Crippen molar-refractivity contribution >= 4 is 23.4 Å². The van der Waals surface area contributed by atoms with Crippen LogP contribution in [0.4, 0.5) is 0 Å². The number of hydrogen-bond acceptors (Lipinski definition) is 3. The van der Waals surface area contributed by atoms with Gasteiger partial charge in [-0.15, -0.1) is 0 Å². The molecule has 1 unspecified atom stereocenters. The number of halogens is 1. The summed E-state index contributed by atoms with van der Waals surface area (Å²) in [4.78, 5) is 26.3. The van der Waals surface area contributed by atoms with Crippen LogP contribution in [0.1, 0.15) is 42.2 Å². The lowest BCUT2D eigenvalue weighted by Crippen LogP contribution is -2.36. The smallest absolute Gasteiger partial charge is 0.254 e. The Morgan fingerprint density at radius 1 is 1.40 bits per heavy atom. The molecule has 132 valence electrons. The quantitative estimate of drug-likeness (QED) is 0.891. The Morgan fingerprint density at radius 2 is 2.16 bits per heavy atom. The zero-order valence-electron chi connectivity index (χ0n) is 14.3. The van der Waals surface area contributed by atoms with Crippen molar-refractivity contribution in [2.75, 3.05) is 6.54 Å². The molecule has 2 heterocycles. The highest BCUT2D eigenvalue weighted by molar-refractivity contribution is 6.31. The molecule has 0 saturated carbocycles. The lowest BCUT2D eigenvalue weighted by molar-refractivity contribution is -0.128. The average Bonchev–Trinajstić information content (AvgIpc) is 3.17. The normalized spacial score (nSPS) is 17.4. The number of amides is 2. The van der Waals surface area contributed by atoms with Crippen molar-refractivity contribution < 1.29 is 9.59 Å². The van der Waals surface area contributed by atoms with E-state index in [-0.39, 0.29) is 23.9 Å². The number of rotatable bonds is 5. The third-order valence-corrected chi connectivity index (χ3v) is 4.63. The van der Waals surface area contributed by atoms with Gasteiger partial charge in [0.25, 0.3) is 5.91 Å². The molecule has 0 aliphatic carbocycles. The summed E-state index contributed by atoms with van der Waals surface area (Å²) in [5.74, 6) is -0.188. The molecule has 3 rings (SSSR count). The second kappa shape index (κ2) is 7.27. The van der Waals surface area contributed by atoms with Crippen molar-refractivity contribution in [1.29, 1.82) is 0 Å². The predicted molar refractivity (Wildman–Crippen MR) is 95.4 cm³/mol. The monoisotopic (exact) mass is 360 g/mol. The summed E-state index contributed by atoms with van der Waals surface area (Å²) >= 11 is 6.16. The minimum Gasteiger partial charge on any atom is -0.347 e. The highest BCUT2D eigenvalue weighted by atomic mass is 35.5.